The summed E-state index contributed by atoms with van der Waals surface area (Å²) in [5.74, 6) is 0. The van der Waals surface area contributed by atoms with Crippen LogP contribution in [-0.4, -0.2) is 13.7 Å². The summed E-state index contributed by atoms with van der Waals surface area (Å²) in [4.78, 5) is 1.41. The molecule has 1 heterocycles. The molecular formula is C18H27NOS. The summed E-state index contributed by atoms with van der Waals surface area (Å²) in [6.45, 7) is 4.80. The molecule has 2 rings (SSSR count). The maximum absolute atomic E-state index is 5.93. The Labute approximate surface area is 132 Å². The predicted molar refractivity (Wildman–Crippen MR) is 93.0 cm³/mol. The van der Waals surface area contributed by atoms with Gasteiger partial charge in [-0.25, -0.2) is 0 Å². The number of hydrogen-bond donors (Lipinski definition) is 1. The molecule has 116 valence electrons. The van der Waals surface area contributed by atoms with Crippen molar-refractivity contribution in [2.75, 3.05) is 13.7 Å². The molecule has 0 unspecified atom stereocenters. The van der Waals surface area contributed by atoms with E-state index in [9.17, 15) is 0 Å². The van der Waals surface area contributed by atoms with Crippen LogP contribution in [0.4, 0.5) is 0 Å². The lowest BCUT2D eigenvalue weighted by atomic mass is 10.1. The molecule has 0 fully saturated rings. The Bertz CT molecular complexity index is 535. The third kappa shape index (κ3) is 4.80. The number of hydrogen-bond acceptors (Lipinski definition) is 3. The van der Waals surface area contributed by atoms with Crippen molar-refractivity contribution in [3.63, 3.8) is 0 Å². The highest BCUT2D eigenvalue weighted by Gasteiger charge is 2.11. The van der Waals surface area contributed by atoms with Gasteiger partial charge in [-0.2, -0.15) is 0 Å². The van der Waals surface area contributed by atoms with Crippen LogP contribution in [0, 0.1) is 0 Å². The van der Waals surface area contributed by atoms with E-state index in [-0.39, 0.29) is 0 Å². The summed E-state index contributed by atoms with van der Waals surface area (Å²) in [6.07, 6.45) is 6.47. The number of rotatable bonds is 10. The minimum Gasteiger partial charge on any atom is -0.377 e. The van der Waals surface area contributed by atoms with Crippen molar-refractivity contribution in [2.24, 2.45) is 0 Å². The fourth-order valence-corrected chi connectivity index (χ4v) is 3.81. The first-order valence-corrected chi connectivity index (χ1v) is 8.90. The van der Waals surface area contributed by atoms with Crippen LogP contribution < -0.4 is 5.32 Å². The van der Waals surface area contributed by atoms with Gasteiger partial charge in [0, 0.05) is 28.3 Å². The zero-order chi connectivity index (χ0) is 14.9. The largest absolute Gasteiger partial charge is 0.377 e. The summed E-state index contributed by atoms with van der Waals surface area (Å²) in [5, 5.41) is 4.62. The number of benzene rings is 1. The van der Waals surface area contributed by atoms with Crippen molar-refractivity contribution in [1.29, 1.82) is 0 Å². The van der Waals surface area contributed by atoms with E-state index in [4.69, 9.17) is 4.74 Å². The number of unbranched alkanes of at least 4 members (excludes halogenated alkanes) is 4. The third-order valence-corrected chi connectivity index (χ3v) is 4.97. The Morgan fingerprint density at radius 1 is 1.10 bits per heavy atom. The lowest BCUT2D eigenvalue weighted by Crippen LogP contribution is -2.06. The van der Waals surface area contributed by atoms with Crippen LogP contribution in [-0.2, 0) is 17.9 Å². The van der Waals surface area contributed by atoms with Gasteiger partial charge < -0.3 is 10.1 Å². The molecule has 1 aromatic heterocycles. The molecule has 0 atom stereocenters. The van der Waals surface area contributed by atoms with E-state index in [2.05, 4.69) is 36.5 Å². The molecule has 0 aliphatic rings. The SMILES string of the molecule is CCCCCCCOCc1c(CNC)sc2ccccc12. The molecular weight excluding hydrogens is 278 g/mol. The fraction of sp³-hybridized carbons (Fsp3) is 0.556. The van der Waals surface area contributed by atoms with Crippen LogP contribution in [0.3, 0.4) is 0 Å². The monoisotopic (exact) mass is 305 g/mol. The Morgan fingerprint density at radius 2 is 1.90 bits per heavy atom. The number of nitrogens with one attached hydrogen (secondary N) is 1. The topological polar surface area (TPSA) is 21.3 Å². The normalized spacial score (nSPS) is 11.3. The van der Waals surface area contributed by atoms with Gasteiger partial charge in [-0.3, -0.25) is 0 Å². The molecule has 0 bridgehead atoms. The van der Waals surface area contributed by atoms with Gasteiger partial charge in [0.1, 0.15) is 0 Å². The maximum Gasteiger partial charge on any atom is 0.0734 e. The number of thiophene rings is 1. The summed E-state index contributed by atoms with van der Waals surface area (Å²) < 4.78 is 7.30. The zero-order valence-electron chi connectivity index (χ0n) is 13.3. The second kappa shape index (κ2) is 9.19. The Kier molecular flexibility index (Phi) is 7.20. The molecule has 2 aromatic rings. The molecule has 0 aliphatic heterocycles. The molecule has 1 aromatic carbocycles. The summed E-state index contributed by atoms with van der Waals surface area (Å²) >= 11 is 1.88. The van der Waals surface area contributed by atoms with Crippen LogP contribution in [0.1, 0.15) is 49.5 Å². The highest BCUT2D eigenvalue weighted by molar-refractivity contribution is 7.19. The molecule has 0 radical (unpaired) electrons. The first-order valence-electron chi connectivity index (χ1n) is 8.08. The quantitative estimate of drug-likeness (QED) is 0.616. The van der Waals surface area contributed by atoms with E-state index in [1.165, 1.54) is 52.6 Å². The second-order valence-electron chi connectivity index (χ2n) is 5.50. The van der Waals surface area contributed by atoms with E-state index < -0.39 is 0 Å². The molecule has 0 aliphatic carbocycles. The van der Waals surface area contributed by atoms with Crippen molar-refractivity contribution in [3.05, 3.63) is 34.7 Å². The molecule has 1 N–H and O–H groups in total. The maximum atomic E-state index is 5.93. The van der Waals surface area contributed by atoms with E-state index in [1.54, 1.807) is 0 Å². The predicted octanol–water partition coefficient (Wildman–Crippen LogP) is 5.11. The average Bonchev–Trinajstić information content (AvgIpc) is 2.84. The van der Waals surface area contributed by atoms with Crippen molar-refractivity contribution in [2.45, 2.75) is 52.2 Å². The van der Waals surface area contributed by atoms with Crippen LogP contribution in [0.5, 0.6) is 0 Å². The van der Waals surface area contributed by atoms with Gasteiger partial charge >= 0.3 is 0 Å². The van der Waals surface area contributed by atoms with Crippen molar-refractivity contribution in [3.8, 4) is 0 Å². The first kappa shape index (κ1) is 16.5. The standard InChI is InChI=1S/C18H27NOS/c1-3-4-5-6-9-12-20-14-16-15-10-7-8-11-17(15)21-18(16)13-19-2/h7-8,10-11,19H,3-6,9,12-14H2,1-2H3. The van der Waals surface area contributed by atoms with Crippen LogP contribution in [0.15, 0.2) is 24.3 Å². The molecule has 0 saturated carbocycles. The number of ether oxygens (including phenoxy) is 1. The summed E-state index contributed by atoms with van der Waals surface area (Å²) in [5.41, 5.74) is 1.37. The van der Waals surface area contributed by atoms with Gasteiger partial charge in [0.15, 0.2) is 0 Å². The van der Waals surface area contributed by atoms with Gasteiger partial charge in [0.05, 0.1) is 6.61 Å². The average molecular weight is 305 g/mol. The lowest BCUT2D eigenvalue weighted by molar-refractivity contribution is 0.117. The fourth-order valence-electron chi connectivity index (χ4n) is 2.59. The van der Waals surface area contributed by atoms with Gasteiger partial charge in [-0.05, 0) is 24.9 Å². The smallest absolute Gasteiger partial charge is 0.0734 e. The van der Waals surface area contributed by atoms with Crippen molar-refractivity contribution < 1.29 is 4.74 Å². The number of fused-ring (bicyclic) bond motifs is 1. The van der Waals surface area contributed by atoms with Gasteiger partial charge in [-0.15, -0.1) is 11.3 Å². The molecule has 0 amide bonds. The Morgan fingerprint density at radius 3 is 2.71 bits per heavy atom. The van der Waals surface area contributed by atoms with Crippen LogP contribution >= 0.6 is 11.3 Å². The van der Waals surface area contributed by atoms with Crippen molar-refractivity contribution >= 4 is 21.4 Å². The van der Waals surface area contributed by atoms with Gasteiger partial charge in [0.2, 0.25) is 0 Å². The highest BCUT2D eigenvalue weighted by atomic mass is 32.1. The van der Waals surface area contributed by atoms with Crippen LogP contribution in [0.25, 0.3) is 10.1 Å². The van der Waals surface area contributed by atoms with Crippen molar-refractivity contribution in [1.82, 2.24) is 5.32 Å². The molecule has 0 spiro atoms. The van der Waals surface area contributed by atoms with Crippen LogP contribution in [0.2, 0.25) is 0 Å². The lowest BCUT2D eigenvalue weighted by Gasteiger charge is -2.06. The van der Waals surface area contributed by atoms with Gasteiger partial charge in [-0.1, -0.05) is 50.8 Å². The molecule has 3 heteroatoms. The Balaban J connectivity index is 1.89. The van der Waals surface area contributed by atoms with E-state index in [1.807, 2.05) is 18.4 Å². The minimum atomic E-state index is 0.745. The van der Waals surface area contributed by atoms with E-state index in [0.29, 0.717) is 0 Å². The minimum absolute atomic E-state index is 0.745. The van der Waals surface area contributed by atoms with E-state index in [0.717, 1.165) is 19.8 Å². The van der Waals surface area contributed by atoms with E-state index >= 15 is 0 Å². The third-order valence-electron chi connectivity index (χ3n) is 3.76. The molecule has 2 nitrogen and oxygen atoms in total. The summed E-state index contributed by atoms with van der Waals surface area (Å²) in [6, 6.07) is 8.64. The first-order chi connectivity index (χ1) is 10.4. The van der Waals surface area contributed by atoms with Gasteiger partial charge in [0.25, 0.3) is 0 Å². The second-order valence-corrected chi connectivity index (χ2v) is 6.63. The molecule has 21 heavy (non-hydrogen) atoms. The highest BCUT2D eigenvalue weighted by Crippen LogP contribution is 2.31. The summed E-state index contributed by atoms with van der Waals surface area (Å²) in [7, 11) is 2.00. The Hall–Kier alpha value is -0.900. The zero-order valence-corrected chi connectivity index (χ0v) is 14.1. The molecule has 0 saturated heterocycles.